The lowest BCUT2D eigenvalue weighted by molar-refractivity contribution is 0.0671. The van der Waals surface area contributed by atoms with Crippen LogP contribution in [0.3, 0.4) is 0 Å². The average Bonchev–Trinajstić information content (AvgIpc) is 3.12. The molecule has 28 heavy (non-hydrogen) atoms. The second-order valence-corrected chi connectivity index (χ2v) is 8.09. The van der Waals surface area contributed by atoms with Crippen molar-refractivity contribution >= 4 is 5.96 Å². The molecule has 1 aromatic rings. The summed E-state index contributed by atoms with van der Waals surface area (Å²) in [5, 5.41) is 21.6. The van der Waals surface area contributed by atoms with E-state index < -0.39 is 5.60 Å². The van der Waals surface area contributed by atoms with Crippen LogP contribution in [0.1, 0.15) is 33.3 Å². The number of piperazine rings is 1. The van der Waals surface area contributed by atoms with Gasteiger partial charge < -0.3 is 25.5 Å². The van der Waals surface area contributed by atoms with Crippen LogP contribution in [-0.4, -0.2) is 89.5 Å². The molecule has 160 valence electrons. The van der Waals surface area contributed by atoms with Gasteiger partial charge in [0.05, 0.1) is 12.7 Å². The zero-order valence-corrected chi connectivity index (χ0v) is 18.3. The Morgan fingerprint density at radius 1 is 1.25 bits per heavy atom. The van der Waals surface area contributed by atoms with Crippen LogP contribution in [0.4, 0.5) is 0 Å². The molecule has 2 rings (SSSR count). The number of aryl methyl sites for hydroxylation is 1. The molecule has 2 atom stereocenters. The number of aliphatic hydroxyl groups is 1. The van der Waals surface area contributed by atoms with Crippen LogP contribution < -0.4 is 10.6 Å². The van der Waals surface area contributed by atoms with Crippen LogP contribution in [0.5, 0.6) is 0 Å². The highest BCUT2D eigenvalue weighted by Crippen LogP contribution is 2.19. The Labute approximate surface area is 170 Å². The molecule has 1 fully saturated rings. The maximum absolute atomic E-state index is 10.7. The molecular weight excluding hydrogens is 354 g/mol. The first-order valence-corrected chi connectivity index (χ1v) is 10.5. The molecule has 8 nitrogen and oxygen atoms in total. The number of aromatic nitrogens is 2. The topological polar surface area (TPSA) is 80.9 Å². The number of nitrogens with zero attached hydrogens (tertiary/aromatic N) is 5. The zero-order valence-electron chi connectivity index (χ0n) is 18.3. The number of guanidine groups is 1. The monoisotopic (exact) mass is 393 g/mol. The second kappa shape index (κ2) is 10.8. The van der Waals surface area contributed by atoms with E-state index in [1.165, 1.54) is 13.1 Å². The minimum Gasteiger partial charge on any atom is -0.383 e. The third kappa shape index (κ3) is 7.07. The van der Waals surface area contributed by atoms with Crippen molar-refractivity contribution in [1.29, 1.82) is 0 Å². The molecule has 8 heteroatoms. The Balaban J connectivity index is 1.82. The Morgan fingerprint density at radius 2 is 1.93 bits per heavy atom. The third-order valence-corrected chi connectivity index (χ3v) is 5.32. The van der Waals surface area contributed by atoms with Crippen molar-refractivity contribution in [3.05, 3.63) is 18.0 Å². The maximum atomic E-state index is 10.7. The molecule has 0 saturated carbocycles. The van der Waals surface area contributed by atoms with Gasteiger partial charge in [-0.1, -0.05) is 13.8 Å². The smallest absolute Gasteiger partial charge is 0.191 e. The molecule has 1 aliphatic heterocycles. The van der Waals surface area contributed by atoms with Crippen molar-refractivity contribution in [3.8, 4) is 0 Å². The van der Waals surface area contributed by atoms with Gasteiger partial charge in [0.1, 0.15) is 5.60 Å². The van der Waals surface area contributed by atoms with Crippen molar-refractivity contribution in [1.82, 2.24) is 30.2 Å². The molecule has 0 spiro atoms. The first-order valence-electron chi connectivity index (χ1n) is 10.5. The van der Waals surface area contributed by atoms with Crippen LogP contribution in [0.25, 0.3) is 0 Å². The predicted molar refractivity (Wildman–Crippen MR) is 114 cm³/mol. The highest BCUT2D eigenvalue weighted by Gasteiger charge is 2.24. The van der Waals surface area contributed by atoms with E-state index >= 15 is 0 Å². The summed E-state index contributed by atoms with van der Waals surface area (Å²) in [6.45, 7) is 17.1. The number of aliphatic imine (C=N–C) groups is 1. The predicted octanol–water partition coefficient (Wildman–Crippen LogP) is 0.456. The molecule has 0 aromatic carbocycles. The largest absolute Gasteiger partial charge is 0.383 e. The van der Waals surface area contributed by atoms with E-state index in [9.17, 15) is 5.11 Å². The van der Waals surface area contributed by atoms with Crippen LogP contribution >= 0.6 is 0 Å². The van der Waals surface area contributed by atoms with Gasteiger partial charge in [-0.15, -0.1) is 0 Å². The summed E-state index contributed by atoms with van der Waals surface area (Å²) >= 11 is 0. The Hall–Kier alpha value is -1.64. The number of hydrogen-bond donors (Lipinski definition) is 3. The summed E-state index contributed by atoms with van der Waals surface area (Å²) in [6.07, 6.45) is 3.52. The van der Waals surface area contributed by atoms with Crippen molar-refractivity contribution in [3.63, 3.8) is 0 Å². The van der Waals surface area contributed by atoms with Crippen molar-refractivity contribution in [2.45, 2.75) is 33.3 Å². The van der Waals surface area contributed by atoms with Gasteiger partial charge in [-0.3, -0.25) is 4.68 Å². The second-order valence-electron chi connectivity index (χ2n) is 8.09. The molecule has 0 amide bonds. The average molecular weight is 394 g/mol. The van der Waals surface area contributed by atoms with Gasteiger partial charge in [-0.05, 0) is 26.3 Å². The summed E-state index contributed by atoms with van der Waals surface area (Å²) in [5.74, 6) is 1.27. The lowest BCUT2D eigenvalue weighted by Crippen LogP contribution is -2.48. The van der Waals surface area contributed by atoms with Crippen LogP contribution in [0, 0.1) is 5.92 Å². The lowest BCUT2D eigenvalue weighted by atomic mass is 10.0. The Bertz CT molecular complexity index is 605. The van der Waals surface area contributed by atoms with E-state index in [1.54, 1.807) is 17.8 Å². The third-order valence-electron chi connectivity index (χ3n) is 5.32. The number of hydrogen-bond acceptors (Lipinski definition) is 5. The molecule has 1 aromatic heterocycles. The maximum Gasteiger partial charge on any atom is 0.191 e. The fourth-order valence-electron chi connectivity index (χ4n) is 3.43. The Kier molecular flexibility index (Phi) is 8.72. The van der Waals surface area contributed by atoms with Crippen molar-refractivity contribution < 1.29 is 5.11 Å². The van der Waals surface area contributed by atoms with E-state index in [2.05, 4.69) is 44.4 Å². The molecule has 1 aliphatic rings. The van der Waals surface area contributed by atoms with Crippen LogP contribution in [0.15, 0.2) is 17.4 Å². The summed E-state index contributed by atoms with van der Waals surface area (Å²) < 4.78 is 1.69. The molecule has 0 aliphatic carbocycles. The van der Waals surface area contributed by atoms with E-state index in [0.29, 0.717) is 5.92 Å². The molecule has 1 saturated heterocycles. The zero-order chi connectivity index (χ0) is 20.6. The van der Waals surface area contributed by atoms with Gasteiger partial charge in [0.15, 0.2) is 5.96 Å². The highest BCUT2D eigenvalue weighted by molar-refractivity contribution is 5.79. The first-order chi connectivity index (χ1) is 13.3. The van der Waals surface area contributed by atoms with E-state index in [0.717, 1.165) is 50.8 Å². The molecular formula is C20H39N7O. The van der Waals surface area contributed by atoms with Gasteiger partial charge in [0.25, 0.3) is 0 Å². The molecule has 0 bridgehead atoms. The van der Waals surface area contributed by atoms with E-state index in [1.807, 2.05) is 20.2 Å². The summed E-state index contributed by atoms with van der Waals surface area (Å²) in [5.41, 5.74) is -0.268. The van der Waals surface area contributed by atoms with Gasteiger partial charge in [0.2, 0.25) is 0 Å². The Morgan fingerprint density at radius 3 is 2.50 bits per heavy atom. The van der Waals surface area contributed by atoms with Gasteiger partial charge in [0, 0.05) is 64.6 Å². The summed E-state index contributed by atoms with van der Waals surface area (Å²) in [7, 11) is 1.85. The van der Waals surface area contributed by atoms with E-state index in [-0.39, 0.29) is 6.54 Å². The van der Waals surface area contributed by atoms with Crippen LogP contribution in [-0.2, 0) is 12.6 Å². The summed E-state index contributed by atoms with van der Waals surface area (Å²) in [4.78, 5) is 9.65. The minimum atomic E-state index is -1.04. The molecule has 0 radical (unpaired) electrons. The SMILES string of the molecule is CCNC(=NCC(C)(O)c1cnn(C)c1)NCC(C)CN1CCN(CC)CC1. The number of likely N-dealkylation sites (N-methyl/N-ethyl adjacent to an activating group) is 1. The highest BCUT2D eigenvalue weighted by atomic mass is 16.3. The molecule has 2 unspecified atom stereocenters. The van der Waals surface area contributed by atoms with Crippen molar-refractivity contribution in [2.75, 3.05) is 58.9 Å². The number of rotatable bonds is 9. The van der Waals surface area contributed by atoms with Gasteiger partial charge in [-0.2, -0.15) is 5.10 Å². The van der Waals surface area contributed by atoms with E-state index in [4.69, 9.17) is 0 Å². The first kappa shape index (κ1) is 22.6. The quantitative estimate of drug-likeness (QED) is 0.418. The van der Waals surface area contributed by atoms with Crippen molar-refractivity contribution in [2.24, 2.45) is 18.0 Å². The number of nitrogens with one attached hydrogen (secondary N) is 2. The fraction of sp³-hybridized carbons (Fsp3) is 0.800. The molecule has 3 N–H and O–H groups in total. The summed E-state index contributed by atoms with van der Waals surface area (Å²) in [6, 6.07) is 0. The van der Waals surface area contributed by atoms with Gasteiger partial charge in [-0.25, -0.2) is 4.99 Å². The van der Waals surface area contributed by atoms with Gasteiger partial charge >= 0.3 is 0 Å². The lowest BCUT2D eigenvalue weighted by Gasteiger charge is -2.35. The standard InChI is InChI=1S/C20H39N7O/c1-6-21-19(23-16-20(4,28)18-13-24-25(5)15-18)22-12-17(3)14-27-10-8-26(7-2)9-11-27/h13,15,17,28H,6-12,14,16H2,1-5H3,(H2,21,22,23). The minimum absolute atomic E-state index is 0.279. The fourth-order valence-corrected chi connectivity index (χ4v) is 3.43. The molecule has 2 heterocycles. The van der Waals surface area contributed by atoms with Crippen LogP contribution in [0.2, 0.25) is 0 Å². The normalized spacial score (nSPS) is 20.0.